The van der Waals surface area contributed by atoms with E-state index in [1.807, 2.05) is 32.9 Å². The molecule has 0 atom stereocenters. The van der Waals surface area contributed by atoms with Crippen LogP contribution in [-0.2, 0) is 4.79 Å². The maximum Gasteiger partial charge on any atom is 0.258 e. The minimum atomic E-state index is 0.0985. The molecule has 0 unspecified atom stereocenters. The van der Waals surface area contributed by atoms with Crippen molar-refractivity contribution in [3.05, 3.63) is 17.8 Å². The largest absolute Gasteiger partial charge is 0.430 e. The van der Waals surface area contributed by atoms with Gasteiger partial charge in [0, 0.05) is 18.8 Å². The van der Waals surface area contributed by atoms with E-state index >= 15 is 0 Å². The van der Waals surface area contributed by atoms with Crippen LogP contribution in [0, 0.1) is 6.92 Å². The fourth-order valence-electron chi connectivity index (χ4n) is 1.75. The third kappa shape index (κ3) is 3.26. The summed E-state index contributed by atoms with van der Waals surface area (Å²) in [6.07, 6.45) is 0. The number of nitrogens with zero attached hydrogens (tertiary/aromatic N) is 3. The first-order chi connectivity index (χ1) is 9.13. The standard InChI is InChI=1S/C13H17N3O2S/c1-4-16(5-2)11(17)8-19-13-15-12-10(18-13)7-6-9(3)14-12/h6-7H,4-5,8H2,1-3H3. The number of carbonyl (C=O) groups is 1. The molecule has 102 valence electrons. The molecule has 0 fully saturated rings. The van der Waals surface area contributed by atoms with Crippen LogP contribution >= 0.6 is 11.8 Å². The summed E-state index contributed by atoms with van der Waals surface area (Å²) in [5, 5.41) is 0.494. The summed E-state index contributed by atoms with van der Waals surface area (Å²) in [7, 11) is 0. The fraction of sp³-hybridized carbons (Fsp3) is 0.462. The van der Waals surface area contributed by atoms with E-state index in [0.29, 0.717) is 22.2 Å². The highest BCUT2D eigenvalue weighted by Crippen LogP contribution is 2.22. The van der Waals surface area contributed by atoms with Crippen molar-refractivity contribution in [3.63, 3.8) is 0 Å². The lowest BCUT2D eigenvalue weighted by Gasteiger charge is -2.17. The van der Waals surface area contributed by atoms with Gasteiger partial charge in [0.25, 0.3) is 5.22 Å². The molecule has 2 rings (SSSR count). The molecule has 0 aliphatic heterocycles. The monoisotopic (exact) mass is 279 g/mol. The quantitative estimate of drug-likeness (QED) is 0.787. The van der Waals surface area contributed by atoms with Crippen molar-refractivity contribution in [1.29, 1.82) is 0 Å². The van der Waals surface area contributed by atoms with Crippen LogP contribution in [0.4, 0.5) is 0 Å². The average Bonchev–Trinajstić information content (AvgIpc) is 2.79. The van der Waals surface area contributed by atoms with Gasteiger partial charge in [-0.25, -0.2) is 4.98 Å². The Balaban J connectivity index is 2.03. The molecule has 1 amide bonds. The highest BCUT2D eigenvalue weighted by Gasteiger charge is 2.13. The van der Waals surface area contributed by atoms with Crippen LogP contribution in [0.25, 0.3) is 11.2 Å². The maximum atomic E-state index is 11.9. The number of amides is 1. The van der Waals surface area contributed by atoms with Gasteiger partial charge in [-0.2, -0.15) is 4.98 Å². The summed E-state index contributed by atoms with van der Waals surface area (Å²) in [5.74, 6) is 0.439. The highest BCUT2D eigenvalue weighted by atomic mass is 32.2. The van der Waals surface area contributed by atoms with Crippen LogP contribution in [0.1, 0.15) is 19.5 Å². The van der Waals surface area contributed by atoms with Gasteiger partial charge in [0.05, 0.1) is 5.75 Å². The van der Waals surface area contributed by atoms with Gasteiger partial charge in [-0.05, 0) is 32.9 Å². The molecule has 0 N–H and O–H groups in total. The second kappa shape index (κ2) is 6.06. The van der Waals surface area contributed by atoms with Crippen molar-refractivity contribution in [2.75, 3.05) is 18.8 Å². The summed E-state index contributed by atoms with van der Waals surface area (Å²) >= 11 is 1.31. The molecule has 0 radical (unpaired) electrons. The fourth-order valence-corrected chi connectivity index (χ4v) is 2.48. The van der Waals surface area contributed by atoms with Gasteiger partial charge >= 0.3 is 0 Å². The first kappa shape index (κ1) is 13.9. The Hall–Kier alpha value is -1.56. The SMILES string of the molecule is CCN(CC)C(=O)CSc1nc2nc(C)ccc2o1. The zero-order chi connectivity index (χ0) is 13.8. The molecule has 2 aromatic heterocycles. The molecule has 0 aliphatic rings. The lowest BCUT2D eigenvalue weighted by molar-refractivity contribution is -0.127. The van der Waals surface area contributed by atoms with Crippen molar-refractivity contribution in [1.82, 2.24) is 14.9 Å². The third-order valence-corrected chi connectivity index (χ3v) is 3.62. The molecule has 0 aliphatic carbocycles. The Morgan fingerprint density at radius 1 is 1.32 bits per heavy atom. The predicted molar refractivity (Wildman–Crippen MR) is 75.2 cm³/mol. The van der Waals surface area contributed by atoms with Gasteiger partial charge < -0.3 is 9.32 Å². The van der Waals surface area contributed by atoms with Crippen LogP contribution in [-0.4, -0.2) is 39.6 Å². The van der Waals surface area contributed by atoms with Crippen molar-refractivity contribution in [2.45, 2.75) is 26.0 Å². The van der Waals surface area contributed by atoms with Gasteiger partial charge in [0.2, 0.25) is 5.91 Å². The molecule has 0 saturated heterocycles. The first-order valence-corrected chi connectivity index (χ1v) is 7.27. The summed E-state index contributed by atoms with van der Waals surface area (Å²) in [6.45, 7) is 7.30. The predicted octanol–water partition coefficient (Wildman–Crippen LogP) is 2.49. The summed E-state index contributed by atoms with van der Waals surface area (Å²) in [6, 6.07) is 3.73. The van der Waals surface area contributed by atoms with E-state index in [1.165, 1.54) is 11.8 Å². The smallest absolute Gasteiger partial charge is 0.258 e. The van der Waals surface area contributed by atoms with Crippen molar-refractivity contribution >= 4 is 28.9 Å². The van der Waals surface area contributed by atoms with Crippen molar-refractivity contribution < 1.29 is 9.21 Å². The lowest BCUT2D eigenvalue weighted by Crippen LogP contribution is -2.31. The van der Waals surface area contributed by atoms with Gasteiger partial charge in [0.1, 0.15) is 0 Å². The van der Waals surface area contributed by atoms with Crippen LogP contribution in [0.15, 0.2) is 21.8 Å². The van der Waals surface area contributed by atoms with Crippen molar-refractivity contribution in [3.8, 4) is 0 Å². The Labute approximate surface area is 116 Å². The lowest BCUT2D eigenvalue weighted by atomic mass is 10.4. The Kier molecular flexibility index (Phi) is 4.42. The van der Waals surface area contributed by atoms with E-state index in [9.17, 15) is 4.79 Å². The maximum absolute atomic E-state index is 11.9. The van der Waals surface area contributed by atoms with Crippen molar-refractivity contribution in [2.24, 2.45) is 0 Å². The molecule has 0 saturated carbocycles. The van der Waals surface area contributed by atoms with Gasteiger partial charge in [-0.3, -0.25) is 4.79 Å². The number of oxazole rings is 1. The molecule has 19 heavy (non-hydrogen) atoms. The van der Waals surface area contributed by atoms with E-state index in [2.05, 4.69) is 9.97 Å². The third-order valence-electron chi connectivity index (χ3n) is 2.81. The average molecular weight is 279 g/mol. The van der Waals surface area contributed by atoms with E-state index < -0.39 is 0 Å². The van der Waals surface area contributed by atoms with Crippen LogP contribution in [0.2, 0.25) is 0 Å². The summed E-state index contributed by atoms with van der Waals surface area (Å²) in [5.41, 5.74) is 2.15. The number of carbonyl (C=O) groups excluding carboxylic acids is 1. The van der Waals surface area contributed by atoms with E-state index in [4.69, 9.17) is 4.42 Å². The van der Waals surface area contributed by atoms with E-state index in [0.717, 1.165) is 18.8 Å². The Bertz CT molecular complexity index is 578. The molecular formula is C13H17N3O2S. The van der Waals surface area contributed by atoms with Crippen LogP contribution < -0.4 is 0 Å². The molecule has 2 heterocycles. The number of pyridine rings is 1. The normalized spacial score (nSPS) is 10.9. The number of hydrogen-bond acceptors (Lipinski definition) is 5. The number of aromatic nitrogens is 2. The highest BCUT2D eigenvalue weighted by molar-refractivity contribution is 7.99. The zero-order valence-corrected chi connectivity index (χ0v) is 12.2. The molecule has 0 spiro atoms. The summed E-state index contributed by atoms with van der Waals surface area (Å²) in [4.78, 5) is 22.2. The molecular weight excluding hydrogens is 262 g/mol. The molecule has 0 bridgehead atoms. The minimum absolute atomic E-state index is 0.0985. The number of rotatable bonds is 5. The van der Waals surface area contributed by atoms with Crippen LogP contribution in [0.3, 0.4) is 0 Å². The van der Waals surface area contributed by atoms with E-state index in [1.54, 1.807) is 4.90 Å². The van der Waals surface area contributed by atoms with Gasteiger partial charge in [-0.1, -0.05) is 11.8 Å². The molecule has 2 aromatic rings. The second-order valence-electron chi connectivity index (χ2n) is 4.11. The Morgan fingerprint density at radius 2 is 2.05 bits per heavy atom. The summed E-state index contributed by atoms with van der Waals surface area (Å²) < 4.78 is 5.54. The number of aryl methyl sites for hydroxylation is 1. The molecule has 6 heteroatoms. The second-order valence-corrected chi connectivity index (χ2v) is 5.04. The van der Waals surface area contributed by atoms with Crippen LogP contribution in [0.5, 0.6) is 0 Å². The topological polar surface area (TPSA) is 59.2 Å². The first-order valence-electron chi connectivity index (χ1n) is 6.28. The van der Waals surface area contributed by atoms with E-state index in [-0.39, 0.29) is 5.91 Å². The van der Waals surface area contributed by atoms with Gasteiger partial charge in [0.15, 0.2) is 11.2 Å². The minimum Gasteiger partial charge on any atom is -0.430 e. The Morgan fingerprint density at radius 3 is 2.74 bits per heavy atom. The molecule has 0 aromatic carbocycles. The number of hydrogen-bond donors (Lipinski definition) is 0. The number of fused-ring (bicyclic) bond motifs is 1. The molecule has 5 nitrogen and oxygen atoms in total. The van der Waals surface area contributed by atoms with Gasteiger partial charge in [-0.15, -0.1) is 0 Å². The number of thioether (sulfide) groups is 1. The zero-order valence-electron chi connectivity index (χ0n) is 11.3.